The van der Waals surface area contributed by atoms with Crippen molar-refractivity contribution in [3.05, 3.63) is 58.4 Å². The molecule has 19 heavy (non-hydrogen) atoms. The monoisotopic (exact) mass is 259 g/mol. The van der Waals surface area contributed by atoms with E-state index in [9.17, 15) is 4.39 Å². The Labute approximate surface area is 113 Å². The summed E-state index contributed by atoms with van der Waals surface area (Å²) in [5, 5.41) is 0. The van der Waals surface area contributed by atoms with Gasteiger partial charge in [0.15, 0.2) is 0 Å². The Bertz CT molecular complexity index is 585. The van der Waals surface area contributed by atoms with Gasteiger partial charge >= 0.3 is 0 Å². The Hall–Kier alpha value is -2.03. The van der Waals surface area contributed by atoms with E-state index in [1.165, 1.54) is 17.7 Å². The fraction of sp³-hybridized carbons (Fsp3) is 0.250. The second kappa shape index (κ2) is 5.31. The van der Waals surface area contributed by atoms with Gasteiger partial charge in [0.1, 0.15) is 18.2 Å². The Morgan fingerprint density at radius 1 is 1.05 bits per heavy atom. The van der Waals surface area contributed by atoms with Crippen molar-refractivity contribution in [2.24, 2.45) is 0 Å². The van der Waals surface area contributed by atoms with E-state index < -0.39 is 0 Å². The van der Waals surface area contributed by atoms with E-state index >= 15 is 0 Å². The molecule has 0 aromatic heterocycles. The van der Waals surface area contributed by atoms with Gasteiger partial charge < -0.3 is 10.5 Å². The van der Waals surface area contributed by atoms with Gasteiger partial charge in [-0.1, -0.05) is 23.8 Å². The van der Waals surface area contributed by atoms with E-state index in [1.807, 2.05) is 13.8 Å². The normalized spacial score (nSPS) is 10.5. The van der Waals surface area contributed by atoms with Gasteiger partial charge in [-0.05, 0) is 44.0 Å². The third-order valence-corrected chi connectivity index (χ3v) is 3.08. The highest BCUT2D eigenvalue weighted by Crippen LogP contribution is 2.26. The van der Waals surface area contributed by atoms with Crippen molar-refractivity contribution in [2.75, 3.05) is 5.73 Å². The Kier molecular flexibility index (Phi) is 3.74. The van der Waals surface area contributed by atoms with Crippen LogP contribution in [-0.4, -0.2) is 0 Å². The molecule has 0 heterocycles. The number of nitrogens with two attached hydrogens (primary N) is 1. The van der Waals surface area contributed by atoms with E-state index in [0.29, 0.717) is 12.3 Å². The molecule has 0 atom stereocenters. The average Bonchev–Trinajstić information content (AvgIpc) is 2.30. The summed E-state index contributed by atoms with van der Waals surface area (Å²) < 4.78 is 18.8. The van der Waals surface area contributed by atoms with Crippen LogP contribution in [0.4, 0.5) is 10.1 Å². The fourth-order valence-corrected chi connectivity index (χ4v) is 2.24. The number of ether oxygens (including phenoxy) is 1. The first-order valence-corrected chi connectivity index (χ1v) is 6.22. The maximum atomic E-state index is 13.0. The quantitative estimate of drug-likeness (QED) is 0.848. The van der Waals surface area contributed by atoms with Crippen molar-refractivity contribution in [3.8, 4) is 5.75 Å². The molecule has 0 radical (unpaired) electrons. The lowest BCUT2D eigenvalue weighted by Crippen LogP contribution is -2.03. The smallest absolute Gasteiger partial charge is 0.125 e. The predicted octanol–water partition coefficient (Wildman–Crippen LogP) is 3.91. The van der Waals surface area contributed by atoms with Crippen LogP contribution in [0.5, 0.6) is 5.75 Å². The van der Waals surface area contributed by atoms with Crippen LogP contribution in [0.15, 0.2) is 30.3 Å². The standard InChI is InChI=1S/C16H18FNO/c1-10-6-11(2)16(12(3)7-10)19-9-13-4-5-14(17)8-15(13)18/h4-8H,9,18H2,1-3H3. The third-order valence-electron chi connectivity index (χ3n) is 3.08. The molecule has 0 fully saturated rings. The van der Waals surface area contributed by atoms with Crippen molar-refractivity contribution in [3.63, 3.8) is 0 Å². The highest BCUT2D eigenvalue weighted by molar-refractivity contribution is 5.47. The fourth-order valence-electron chi connectivity index (χ4n) is 2.24. The van der Waals surface area contributed by atoms with Crippen LogP contribution in [0.3, 0.4) is 0 Å². The number of rotatable bonds is 3. The van der Waals surface area contributed by atoms with Gasteiger partial charge in [0, 0.05) is 11.3 Å². The molecule has 0 spiro atoms. The lowest BCUT2D eigenvalue weighted by atomic mass is 10.1. The van der Waals surface area contributed by atoms with Crippen LogP contribution in [-0.2, 0) is 6.61 Å². The van der Waals surface area contributed by atoms with Crippen molar-refractivity contribution >= 4 is 5.69 Å². The first-order valence-electron chi connectivity index (χ1n) is 6.22. The second-order valence-electron chi connectivity index (χ2n) is 4.86. The minimum Gasteiger partial charge on any atom is -0.488 e. The molecule has 2 aromatic rings. The molecule has 0 aliphatic rings. The third kappa shape index (κ3) is 3.05. The molecular formula is C16H18FNO. The lowest BCUT2D eigenvalue weighted by Gasteiger charge is -2.14. The second-order valence-corrected chi connectivity index (χ2v) is 4.86. The predicted molar refractivity (Wildman–Crippen MR) is 75.8 cm³/mol. The summed E-state index contributed by atoms with van der Waals surface area (Å²) in [6.45, 7) is 6.44. The zero-order chi connectivity index (χ0) is 14.0. The number of nitrogen functional groups attached to an aromatic ring is 1. The summed E-state index contributed by atoms with van der Waals surface area (Å²) in [5.74, 6) is 0.540. The van der Waals surface area contributed by atoms with Crippen LogP contribution in [0.25, 0.3) is 0 Å². The summed E-state index contributed by atoms with van der Waals surface area (Å²) in [6, 6.07) is 8.52. The molecule has 0 amide bonds. The van der Waals surface area contributed by atoms with Crippen molar-refractivity contribution in [1.29, 1.82) is 0 Å². The molecule has 2 aromatic carbocycles. The first kappa shape index (κ1) is 13.4. The summed E-state index contributed by atoms with van der Waals surface area (Å²) in [7, 11) is 0. The molecule has 2 N–H and O–H groups in total. The molecule has 0 bridgehead atoms. The van der Waals surface area contributed by atoms with E-state index in [0.717, 1.165) is 22.4 Å². The van der Waals surface area contributed by atoms with E-state index in [1.54, 1.807) is 6.07 Å². The molecule has 0 saturated carbocycles. The minimum atomic E-state index is -0.330. The summed E-state index contributed by atoms with van der Waals surface area (Å²) in [5.41, 5.74) is 10.4. The lowest BCUT2D eigenvalue weighted by molar-refractivity contribution is 0.302. The van der Waals surface area contributed by atoms with E-state index in [2.05, 4.69) is 19.1 Å². The van der Waals surface area contributed by atoms with Gasteiger partial charge in [-0.2, -0.15) is 0 Å². The Balaban J connectivity index is 2.19. The molecule has 0 aliphatic heterocycles. The van der Waals surface area contributed by atoms with Gasteiger partial charge in [0.05, 0.1) is 0 Å². The summed E-state index contributed by atoms with van der Waals surface area (Å²) >= 11 is 0. The molecule has 100 valence electrons. The van der Waals surface area contributed by atoms with E-state index in [-0.39, 0.29) is 5.82 Å². The zero-order valence-electron chi connectivity index (χ0n) is 11.5. The van der Waals surface area contributed by atoms with Gasteiger partial charge in [-0.25, -0.2) is 4.39 Å². The number of benzene rings is 2. The number of hydrogen-bond acceptors (Lipinski definition) is 2. The van der Waals surface area contributed by atoms with Gasteiger partial charge in [0.2, 0.25) is 0 Å². The summed E-state index contributed by atoms with van der Waals surface area (Å²) in [4.78, 5) is 0. The Morgan fingerprint density at radius 3 is 2.26 bits per heavy atom. The van der Waals surface area contributed by atoms with Crippen molar-refractivity contribution < 1.29 is 9.13 Å². The molecule has 0 unspecified atom stereocenters. The van der Waals surface area contributed by atoms with Crippen LogP contribution in [0.2, 0.25) is 0 Å². The zero-order valence-corrected chi connectivity index (χ0v) is 11.5. The molecular weight excluding hydrogens is 241 g/mol. The average molecular weight is 259 g/mol. The number of halogens is 1. The molecule has 2 nitrogen and oxygen atoms in total. The van der Waals surface area contributed by atoms with Crippen LogP contribution >= 0.6 is 0 Å². The molecule has 0 aliphatic carbocycles. The van der Waals surface area contributed by atoms with Gasteiger partial charge in [0.25, 0.3) is 0 Å². The number of aryl methyl sites for hydroxylation is 3. The minimum absolute atomic E-state index is 0.330. The van der Waals surface area contributed by atoms with Crippen LogP contribution in [0.1, 0.15) is 22.3 Å². The van der Waals surface area contributed by atoms with Gasteiger partial charge in [-0.3, -0.25) is 0 Å². The number of hydrogen-bond donors (Lipinski definition) is 1. The molecule has 2 rings (SSSR count). The van der Waals surface area contributed by atoms with Gasteiger partial charge in [-0.15, -0.1) is 0 Å². The highest BCUT2D eigenvalue weighted by Gasteiger charge is 2.07. The van der Waals surface area contributed by atoms with E-state index in [4.69, 9.17) is 10.5 Å². The first-order chi connectivity index (χ1) is 8.97. The van der Waals surface area contributed by atoms with Crippen molar-refractivity contribution in [1.82, 2.24) is 0 Å². The Morgan fingerprint density at radius 2 is 1.68 bits per heavy atom. The SMILES string of the molecule is Cc1cc(C)c(OCc2ccc(F)cc2N)c(C)c1. The van der Waals surface area contributed by atoms with Crippen molar-refractivity contribution in [2.45, 2.75) is 27.4 Å². The number of anilines is 1. The largest absolute Gasteiger partial charge is 0.488 e. The van der Waals surface area contributed by atoms with Crippen LogP contribution < -0.4 is 10.5 Å². The maximum Gasteiger partial charge on any atom is 0.125 e. The topological polar surface area (TPSA) is 35.2 Å². The maximum absolute atomic E-state index is 13.0. The van der Waals surface area contributed by atoms with Crippen LogP contribution in [0, 0.1) is 26.6 Å². The summed E-state index contributed by atoms with van der Waals surface area (Å²) in [6.07, 6.45) is 0. The molecule has 0 saturated heterocycles. The highest BCUT2D eigenvalue weighted by atomic mass is 19.1. The molecule has 3 heteroatoms.